The molecule has 3 atom stereocenters. The number of allylic oxidation sites excluding steroid dienone is 2. The van der Waals surface area contributed by atoms with Gasteiger partial charge < -0.3 is 4.52 Å². The Morgan fingerprint density at radius 2 is 2.33 bits per heavy atom. The van der Waals surface area contributed by atoms with Crippen LogP contribution in [0.5, 0.6) is 0 Å². The number of amides is 1. The largest absolute Gasteiger partial charge is 0.338 e. The maximum absolute atomic E-state index is 12.2. The standard InChI is InChI=1S/C14H18N2O2/c1-3-11-8(2)16-18-14(11)15-13(17)12-7-9-4-5-10(12)6-9/h4-5,9-10,12H,3,6-7H2,1-2H3,(H,15,17)/t9-,10+,12+/m1/s1. The van der Waals surface area contributed by atoms with Crippen LogP contribution in [0.1, 0.15) is 31.0 Å². The van der Waals surface area contributed by atoms with Gasteiger partial charge in [0.15, 0.2) is 0 Å². The average molecular weight is 246 g/mol. The fraction of sp³-hybridized carbons (Fsp3) is 0.571. The Morgan fingerprint density at radius 1 is 1.50 bits per heavy atom. The zero-order chi connectivity index (χ0) is 12.7. The summed E-state index contributed by atoms with van der Waals surface area (Å²) in [6, 6.07) is 0. The third-order valence-corrected chi connectivity index (χ3v) is 4.19. The molecular weight excluding hydrogens is 228 g/mol. The Bertz CT molecular complexity index is 504. The molecule has 1 aromatic rings. The van der Waals surface area contributed by atoms with Crippen molar-refractivity contribution in [1.82, 2.24) is 5.16 Å². The monoisotopic (exact) mass is 246 g/mol. The summed E-state index contributed by atoms with van der Waals surface area (Å²) in [5, 5.41) is 6.82. The first-order valence-corrected chi connectivity index (χ1v) is 6.63. The van der Waals surface area contributed by atoms with Gasteiger partial charge in [0.2, 0.25) is 11.8 Å². The summed E-state index contributed by atoms with van der Waals surface area (Å²) in [6.45, 7) is 3.94. The molecule has 1 N–H and O–H groups in total. The van der Waals surface area contributed by atoms with E-state index in [1.165, 1.54) is 0 Å². The van der Waals surface area contributed by atoms with Crippen LogP contribution >= 0.6 is 0 Å². The van der Waals surface area contributed by atoms with Gasteiger partial charge in [-0.1, -0.05) is 24.2 Å². The summed E-state index contributed by atoms with van der Waals surface area (Å²) < 4.78 is 5.20. The third-order valence-electron chi connectivity index (χ3n) is 4.19. The van der Waals surface area contributed by atoms with E-state index in [-0.39, 0.29) is 11.8 Å². The van der Waals surface area contributed by atoms with Gasteiger partial charge in [-0.25, -0.2) is 0 Å². The normalized spacial score (nSPS) is 28.9. The van der Waals surface area contributed by atoms with E-state index in [2.05, 4.69) is 22.6 Å². The highest BCUT2D eigenvalue weighted by atomic mass is 16.5. The van der Waals surface area contributed by atoms with Gasteiger partial charge in [-0.05, 0) is 38.0 Å². The second kappa shape index (κ2) is 4.26. The molecule has 0 radical (unpaired) electrons. The molecule has 96 valence electrons. The predicted octanol–water partition coefficient (Wildman–Crippen LogP) is 2.70. The van der Waals surface area contributed by atoms with Crippen molar-refractivity contribution in [2.24, 2.45) is 17.8 Å². The first-order valence-electron chi connectivity index (χ1n) is 6.63. The molecule has 2 aliphatic carbocycles. The lowest BCUT2D eigenvalue weighted by atomic mass is 9.93. The fourth-order valence-electron chi connectivity index (χ4n) is 3.19. The van der Waals surface area contributed by atoms with Crippen molar-refractivity contribution in [3.8, 4) is 0 Å². The van der Waals surface area contributed by atoms with E-state index in [0.29, 0.717) is 17.7 Å². The molecule has 4 nitrogen and oxygen atoms in total. The highest BCUT2D eigenvalue weighted by molar-refractivity contribution is 5.92. The Kier molecular flexibility index (Phi) is 2.73. The van der Waals surface area contributed by atoms with Crippen LogP contribution in [0.2, 0.25) is 0 Å². The van der Waals surface area contributed by atoms with E-state index in [1.807, 2.05) is 13.8 Å². The van der Waals surface area contributed by atoms with Gasteiger partial charge in [-0.15, -0.1) is 0 Å². The van der Waals surface area contributed by atoms with Crippen LogP contribution in [0.4, 0.5) is 5.88 Å². The van der Waals surface area contributed by atoms with E-state index >= 15 is 0 Å². The Hall–Kier alpha value is -1.58. The number of anilines is 1. The number of hydrogen-bond acceptors (Lipinski definition) is 3. The molecule has 1 amide bonds. The molecule has 0 unspecified atom stereocenters. The molecule has 0 saturated heterocycles. The molecule has 0 aromatic carbocycles. The van der Waals surface area contributed by atoms with Crippen LogP contribution in [0.15, 0.2) is 16.7 Å². The van der Waals surface area contributed by atoms with E-state index in [4.69, 9.17) is 4.52 Å². The first kappa shape index (κ1) is 11.5. The lowest BCUT2D eigenvalue weighted by molar-refractivity contribution is -0.120. The zero-order valence-electron chi connectivity index (χ0n) is 10.8. The minimum atomic E-state index is 0.0812. The quantitative estimate of drug-likeness (QED) is 0.834. The predicted molar refractivity (Wildman–Crippen MR) is 68.1 cm³/mol. The van der Waals surface area contributed by atoms with Gasteiger partial charge in [-0.3, -0.25) is 10.1 Å². The number of nitrogens with one attached hydrogen (secondary N) is 1. The van der Waals surface area contributed by atoms with Gasteiger partial charge >= 0.3 is 0 Å². The molecule has 0 aliphatic heterocycles. The van der Waals surface area contributed by atoms with Crippen LogP contribution in [-0.4, -0.2) is 11.1 Å². The van der Waals surface area contributed by atoms with Crippen LogP contribution in [0, 0.1) is 24.7 Å². The van der Waals surface area contributed by atoms with Gasteiger partial charge in [-0.2, -0.15) is 0 Å². The summed E-state index contributed by atoms with van der Waals surface area (Å²) in [6.07, 6.45) is 7.35. The summed E-state index contributed by atoms with van der Waals surface area (Å²) in [4.78, 5) is 12.2. The summed E-state index contributed by atoms with van der Waals surface area (Å²) in [5.74, 6) is 1.75. The number of aromatic nitrogens is 1. The van der Waals surface area contributed by atoms with Crippen molar-refractivity contribution in [3.05, 3.63) is 23.4 Å². The SMILES string of the molecule is CCc1c(C)noc1NC(=O)[C@H]1C[C@@H]2C=C[C@H]1C2. The molecule has 18 heavy (non-hydrogen) atoms. The lowest BCUT2D eigenvalue weighted by Gasteiger charge is -2.16. The fourth-order valence-corrected chi connectivity index (χ4v) is 3.19. The molecular formula is C14H18N2O2. The van der Waals surface area contributed by atoms with Crippen molar-refractivity contribution in [2.75, 3.05) is 5.32 Å². The Labute approximate surface area is 106 Å². The molecule has 3 rings (SSSR count). The second-order valence-electron chi connectivity index (χ2n) is 5.31. The highest BCUT2D eigenvalue weighted by Gasteiger charge is 2.40. The van der Waals surface area contributed by atoms with Gasteiger partial charge in [0, 0.05) is 11.5 Å². The number of hydrogen-bond donors (Lipinski definition) is 1. The van der Waals surface area contributed by atoms with Crippen LogP contribution < -0.4 is 5.32 Å². The maximum Gasteiger partial charge on any atom is 0.234 e. The highest BCUT2D eigenvalue weighted by Crippen LogP contribution is 2.43. The van der Waals surface area contributed by atoms with Crippen molar-refractivity contribution < 1.29 is 9.32 Å². The number of nitrogens with zero attached hydrogens (tertiary/aromatic N) is 1. The molecule has 0 spiro atoms. The van der Waals surface area contributed by atoms with E-state index in [9.17, 15) is 4.79 Å². The number of carbonyl (C=O) groups excluding carboxylic acids is 1. The topological polar surface area (TPSA) is 55.1 Å². The van der Waals surface area contributed by atoms with Crippen LogP contribution in [0.25, 0.3) is 0 Å². The van der Waals surface area contributed by atoms with Crippen molar-refractivity contribution in [3.63, 3.8) is 0 Å². The molecule has 1 heterocycles. The molecule has 2 bridgehead atoms. The Balaban J connectivity index is 1.73. The van der Waals surface area contributed by atoms with E-state index < -0.39 is 0 Å². The first-order chi connectivity index (χ1) is 8.69. The van der Waals surface area contributed by atoms with Gasteiger partial charge in [0.05, 0.1) is 5.69 Å². The third kappa shape index (κ3) is 1.76. The molecule has 2 aliphatic rings. The van der Waals surface area contributed by atoms with Crippen LogP contribution in [0.3, 0.4) is 0 Å². The number of fused-ring (bicyclic) bond motifs is 2. The van der Waals surface area contributed by atoms with Crippen LogP contribution in [-0.2, 0) is 11.2 Å². The molecule has 1 fully saturated rings. The maximum atomic E-state index is 12.2. The summed E-state index contributed by atoms with van der Waals surface area (Å²) in [7, 11) is 0. The molecule has 1 aromatic heterocycles. The molecule has 1 saturated carbocycles. The van der Waals surface area contributed by atoms with Crippen molar-refractivity contribution >= 4 is 11.8 Å². The average Bonchev–Trinajstić information content (AvgIpc) is 3.04. The molecule has 4 heteroatoms. The van der Waals surface area contributed by atoms with Gasteiger partial charge in [0.25, 0.3) is 0 Å². The van der Waals surface area contributed by atoms with Crippen molar-refractivity contribution in [2.45, 2.75) is 33.1 Å². The van der Waals surface area contributed by atoms with Crippen molar-refractivity contribution in [1.29, 1.82) is 0 Å². The van der Waals surface area contributed by atoms with Gasteiger partial charge in [0.1, 0.15) is 0 Å². The number of aryl methyl sites for hydroxylation is 1. The van der Waals surface area contributed by atoms with E-state index in [0.717, 1.165) is 30.5 Å². The second-order valence-corrected chi connectivity index (χ2v) is 5.31. The smallest absolute Gasteiger partial charge is 0.234 e. The number of rotatable bonds is 3. The number of carbonyl (C=O) groups is 1. The van der Waals surface area contributed by atoms with E-state index in [1.54, 1.807) is 0 Å². The summed E-state index contributed by atoms with van der Waals surface area (Å²) >= 11 is 0. The zero-order valence-corrected chi connectivity index (χ0v) is 10.8. The minimum absolute atomic E-state index is 0.0812. The minimum Gasteiger partial charge on any atom is -0.338 e. The summed E-state index contributed by atoms with van der Waals surface area (Å²) in [5.41, 5.74) is 1.86. The Morgan fingerprint density at radius 3 is 2.94 bits per heavy atom. The lowest BCUT2D eigenvalue weighted by Crippen LogP contribution is -2.26.